The number of ether oxygens (including phenoxy) is 1. The van der Waals surface area contributed by atoms with Gasteiger partial charge in [-0.2, -0.15) is 0 Å². The number of methoxy groups -OCH3 is 1. The molecular formula is C11H13IO2. The highest BCUT2D eigenvalue weighted by Crippen LogP contribution is 2.48. The summed E-state index contributed by atoms with van der Waals surface area (Å²) >= 11 is 2.26. The number of hydrogen-bond acceptors (Lipinski definition) is 2. The Balaban J connectivity index is 2.33. The average molecular weight is 304 g/mol. The minimum absolute atomic E-state index is 0.0617. The third-order valence-electron chi connectivity index (χ3n) is 2.92. The molecule has 0 heterocycles. The highest BCUT2D eigenvalue weighted by atomic mass is 127. The van der Waals surface area contributed by atoms with Crippen LogP contribution < -0.4 is 4.74 Å². The molecule has 0 aliphatic heterocycles. The lowest BCUT2D eigenvalue weighted by Gasteiger charge is -2.13. The van der Waals surface area contributed by atoms with Crippen LogP contribution in [0.25, 0.3) is 0 Å². The largest absolute Gasteiger partial charge is 0.496 e. The van der Waals surface area contributed by atoms with Crippen LogP contribution >= 0.6 is 22.6 Å². The number of hydrogen-bond donors (Lipinski definition) is 1. The minimum Gasteiger partial charge on any atom is -0.496 e. The maximum absolute atomic E-state index is 9.29. The van der Waals surface area contributed by atoms with Crippen LogP contribution in [0.1, 0.15) is 18.4 Å². The Labute approximate surface area is 97.4 Å². The van der Waals surface area contributed by atoms with Gasteiger partial charge in [-0.1, -0.05) is 6.07 Å². The van der Waals surface area contributed by atoms with E-state index in [2.05, 4.69) is 34.7 Å². The van der Waals surface area contributed by atoms with E-state index in [-0.39, 0.29) is 12.0 Å². The Morgan fingerprint density at radius 3 is 2.64 bits per heavy atom. The third-order valence-corrected chi connectivity index (χ3v) is 3.76. The third kappa shape index (κ3) is 1.63. The van der Waals surface area contributed by atoms with E-state index < -0.39 is 0 Å². The van der Waals surface area contributed by atoms with E-state index in [0.29, 0.717) is 0 Å². The maximum Gasteiger partial charge on any atom is 0.132 e. The molecule has 0 saturated heterocycles. The summed E-state index contributed by atoms with van der Waals surface area (Å²) in [6.07, 6.45) is 2.21. The van der Waals surface area contributed by atoms with Crippen LogP contribution in [-0.4, -0.2) is 18.8 Å². The Morgan fingerprint density at radius 2 is 2.21 bits per heavy atom. The van der Waals surface area contributed by atoms with E-state index >= 15 is 0 Å². The summed E-state index contributed by atoms with van der Waals surface area (Å²) in [7, 11) is 1.68. The fraction of sp³-hybridized carbons (Fsp3) is 0.455. The number of rotatable bonds is 3. The van der Waals surface area contributed by atoms with Gasteiger partial charge in [0.2, 0.25) is 0 Å². The standard InChI is InChI=1S/C11H13IO2/c1-14-10-3-2-8(6-9(10)12)11(7-13)4-5-11/h2-3,6,13H,4-5,7H2,1H3. The summed E-state index contributed by atoms with van der Waals surface area (Å²) in [5.41, 5.74) is 1.30. The Hall–Kier alpha value is -0.290. The van der Waals surface area contributed by atoms with Gasteiger partial charge in [-0.25, -0.2) is 0 Å². The Bertz CT molecular complexity index is 345. The monoisotopic (exact) mass is 304 g/mol. The summed E-state index contributed by atoms with van der Waals surface area (Å²) in [6, 6.07) is 6.15. The van der Waals surface area contributed by atoms with Gasteiger partial charge in [0.1, 0.15) is 5.75 Å². The van der Waals surface area contributed by atoms with Gasteiger partial charge in [-0.15, -0.1) is 0 Å². The van der Waals surface area contributed by atoms with Gasteiger partial charge in [0.15, 0.2) is 0 Å². The molecule has 0 atom stereocenters. The van der Waals surface area contributed by atoms with Crippen molar-refractivity contribution in [2.75, 3.05) is 13.7 Å². The fourth-order valence-corrected chi connectivity index (χ4v) is 2.42. The highest BCUT2D eigenvalue weighted by molar-refractivity contribution is 14.1. The molecule has 3 heteroatoms. The lowest BCUT2D eigenvalue weighted by molar-refractivity contribution is 0.255. The van der Waals surface area contributed by atoms with Crippen molar-refractivity contribution in [1.29, 1.82) is 0 Å². The number of benzene rings is 1. The lowest BCUT2D eigenvalue weighted by Crippen LogP contribution is -2.11. The minimum atomic E-state index is 0.0617. The molecule has 1 N–H and O–H groups in total. The van der Waals surface area contributed by atoms with Crippen LogP contribution in [0.5, 0.6) is 5.75 Å². The van der Waals surface area contributed by atoms with Crippen LogP contribution in [0.4, 0.5) is 0 Å². The topological polar surface area (TPSA) is 29.5 Å². The number of halogens is 1. The molecule has 0 radical (unpaired) electrons. The lowest BCUT2D eigenvalue weighted by atomic mass is 9.97. The quantitative estimate of drug-likeness (QED) is 0.869. The zero-order chi connectivity index (χ0) is 10.2. The zero-order valence-corrected chi connectivity index (χ0v) is 10.2. The van der Waals surface area contributed by atoms with Crippen molar-refractivity contribution >= 4 is 22.6 Å². The van der Waals surface area contributed by atoms with E-state index in [9.17, 15) is 5.11 Å². The van der Waals surface area contributed by atoms with E-state index in [1.807, 2.05) is 6.07 Å². The number of aliphatic hydroxyl groups excluding tert-OH is 1. The van der Waals surface area contributed by atoms with Crippen molar-refractivity contribution in [2.24, 2.45) is 0 Å². The summed E-state index contributed by atoms with van der Waals surface area (Å²) in [6.45, 7) is 0.259. The Morgan fingerprint density at radius 1 is 1.50 bits per heavy atom. The normalized spacial score (nSPS) is 17.9. The molecule has 0 unspecified atom stereocenters. The smallest absolute Gasteiger partial charge is 0.132 e. The van der Waals surface area contributed by atoms with E-state index in [1.54, 1.807) is 7.11 Å². The first-order chi connectivity index (χ1) is 6.72. The van der Waals surface area contributed by atoms with Crippen LogP contribution in [0.15, 0.2) is 18.2 Å². The molecule has 0 amide bonds. The first-order valence-electron chi connectivity index (χ1n) is 4.67. The van der Waals surface area contributed by atoms with Crippen molar-refractivity contribution in [1.82, 2.24) is 0 Å². The summed E-state index contributed by atoms with van der Waals surface area (Å²) in [4.78, 5) is 0. The van der Waals surface area contributed by atoms with Crippen molar-refractivity contribution in [3.63, 3.8) is 0 Å². The molecule has 0 spiro atoms. The molecule has 1 aliphatic carbocycles. The molecule has 76 valence electrons. The first-order valence-corrected chi connectivity index (χ1v) is 5.75. The van der Waals surface area contributed by atoms with Gasteiger partial charge >= 0.3 is 0 Å². The van der Waals surface area contributed by atoms with Crippen molar-refractivity contribution < 1.29 is 9.84 Å². The van der Waals surface area contributed by atoms with Crippen molar-refractivity contribution in [2.45, 2.75) is 18.3 Å². The predicted molar refractivity (Wildman–Crippen MR) is 63.7 cm³/mol. The molecule has 1 aliphatic rings. The molecule has 2 nitrogen and oxygen atoms in total. The molecule has 0 aromatic heterocycles. The second-order valence-electron chi connectivity index (χ2n) is 3.79. The maximum atomic E-state index is 9.29. The summed E-state index contributed by atoms with van der Waals surface area (Å²) < 4.78 is 6.31. The highest BCUT2D eigenvalue weighted by Gasteiger charge is 2.43. The van der Waals surface area contributed by atoms with Gasteiger partial charge in [-0.05, 0) is 53.1 Å². The molecule has 1 fully saturated rings. The zero-order valence-electron chi connectivity index (χ0n) is 8.09. The van der Waals surface area contributed by atoms with E-state index in [0.717, 1.165) is 22.2 Å². The second kappa shape index (κ2) is 3.70. The summed E-state index contributed by atoms with van der Waals surface area (Å²) in [5.74, 6) is 0.906. The Kier molecular flexibility index (Phi) is 2.70. The molecular weight excluding hydrogens is 291 g/mol. The molecule has 14 heavy (non-hydrogen) atoms. The van der Waals surface area contributed by atoms with Crippen LogP contribution in [0.2, 0.25) is 0 Å². The van der Waals surface area contributed by atoms with Crippen molar-refractivity contribution in [3.05, 3.63) is 27.3 Å². The SMILES string of the molecule is COc1ccc(C2(CO)CC2)cc1I. The molecule has 1 aromatic rings. The second-order valence-corrected chi connectivity index (χ2v) is 4.95. The summed E-state index contributed by atoms with van der Waals surface area (Å²) in [5, 5.41) is 9.29. The molecule has 0 bridgehead atoms. The molecule has 1 aromatic carbocycles. The van der Waals surface area contributed by atoms with E-state index in [1.165, 1.54) is 5.56 Å². The van der Waals surface area contributed by atoms with Gasteiger partial charge in [0, 0.05) is 5.41 Å². The number of aliphatic hydroxyl groups is 1. The van der Waals surface area contributed by atoms with Crippen LogP contribution in [-0.2, 0) is 5.41 Å². The van der Waals surface area contributed by atoms with Gasteiger partial charge < -0.3 is 9.84 Å². The average Bonchev–Trinajstić information content (AvgIpc) is 2.98. The predicted octanol–water partition coefficient (Wildman–Crippen LogP) is 2.32. The van der Waals surface area contributed by atoms with Gasteiger partial charge in [0.25, 0.3) is 0 Å². The van der Waals surface area contributed by atoms with Crippen LogP contribution in [0, 0.1) is 3.57 Å². The molecule has 1 saturated carbocycles. The van der Waals surface area contributed by atoms with Crippen LogP contribution in [0.3, 0.4) is 0 Å². The van der Waals surface area contributed by atoms with Gasteiger partial charge in [0.05, 0.1) is 17.3 Å². The first kappa shape index (κ1) is 10.2. The van der Waals surface area contributed by atoms with Crippen molar-refractivity contribution in [3.8, 4) is 5.75 Å². The molecule has 2 rings (SSSR count). The van der Waals surface area contributed by atoms with E-state index in [4.69, 9.17) is 4.74 Å². The van der Waals surface area contributed by atoms with Gasteiger partial charge in [-0.3, -0.25) is 0 Å². The fourth-order valence-electron chi connectivity index (χ4n) is 1.69.